The Morgan fingerprint density at radius 1 is 1.00 bits per heavy atom. The summed E-state index contributed by atoms with van der Waals surface area (Å²) in [5, 5.41) is 2.57. The minimum Gasteiger partial charge on any atom is -0.329 e. The number of allylic oxidation sites excluding steroid dienone is 5. The van der Waals surface area contributed by atoms with E-state index in [0.717, 1.165) is 5.70 Å². The lowest BCUT2D eigenvalue weighted by Gasteiger charge is -1.97. The number of hydrogen-bond donors (Lipinski definition) is 1. The Morgan fingerprint density at radius 2 is 1.44 bits per heavy atom. The molecule has 1 amide bonds. The fourth-order valence-electron chi connectivity index (χ4n) is 0.587. The average Bonchev–Trinajstić information content (AvgIpc) is 2.31. The van der Waals surface area contributed by atoms with E-state index in [2.05, 4.69) is 5.32 Å². The summed E-state index contributed by atoms with van der Waals surface area (Å²) in [5.74, 6) is 0. The molecular weight excluding hydrogens is 198 g/mol. The first-order valence-electron chi connectivity index (χ1n) is 5.71. The van der Waals surface area contributed by atoms with Crippen LogP contribution in [0, 0.1) is 0 Å². The van der Waals surface area contributed by atoms with Crippen LogP contribution in [0.15, 0.2) is 35.6 Å². The highest BCUT2D eigenvalue weighted by molar-refractivity contribution is 5.51. The van der Waals surface area contributed by atoms with E-state index >= 15 is 0 Å². The quantitative estimate of drug-likeness (QED) is 0.435. The molecule has 0 aromatic heterocycles. The molecule has 0 fully saturated rings. The standard InChI is InChI=1S/C8H13NO.C4H8.C2H6/c1-4-8(9-6-10)5-7(2)3;1-3-4-2;1-2/h4-6H,1-3H3,(H,9,10);3-4H,1-2H3;1-2H3/b8-4+;4-3+;. The van der Waals surface area contributed by atoms with Gasteiger partial charge >= 0.3 is 0 Å². The molecule has 0 aromatic rings. The van der Waals surface area contributed by atoms with E-state index in [9.17, 15) is 4.79 Å². The number of amides is 1. The highest BCUT2D eigenvalue weighted by Crippen LogP contribution is 1.96. The Kier molecular flexibility index (Phi) is 24.3. The first kappa shape index (κ1) is 20.1. The lowest BCUT2D eigenvalue weighted by atomic mass is 10.2. The maximum atomic E-state index is 9.97. The number of hydrogen-bond acceptors (Lipinski definition) is 1. The monoisotopic (exact) mass is 225 g/mol. The summed E-state index contributed by atoms with van der Waals surface area (Å²) in [4.78, 5) is 9.97. The van der Waals surface area contributed by atoms with Gasteiger partial charge in [0.05, 0.1) is 0 Å². The average molecular weight is 225 g/mol. The molecule has 0 radical (unpaired) electrons. The van der Waals surface area contributed by atoms with E-state index in [1.807, 2.05) is 72.8 Å². The van der Waals surface area contributed by atoms with Crippen molar-refractivity contribution in [3.05, 3.63) is 35.6 Å². The summed E-state index contributed by atoms with van der Waals surface area (Å²) in [6, 6.07) is 0. The summed E-state index contributed by atoms with van der Waals surface area (Å²) in [6.07, 6.45) is 8.44. The van der Waals surface area contributed by atoms with Gasteiger partial charge in [-0.1, -0.05) is 37.6 Å². The van der Waals surface area contributed by atoms with Crippen LogP contribution < -0.4 is 5.32 Å². The van der Waals surface area contributed by atoms with Gasteiger partial charge < -0.3 is 5.32 Å². The van der Waals surface area contributed by atoms with E-state index in [4.69, 9.17) is 0 Å². The Labute approximate surface area is 101 Å². The van der Waals surface area contributed by atoms with Gasteiger partial charge in [-0.25, -0.2) is 0 Å². The molecule has 0 spiro atoms. The molecule has 1 N–H and O–H groups in total. The van der Waals surface area contributed by atoms with Crippen molar-refractivity contribution in [3.63, 3.8) is 0 Å². The van der Waals surface area contributed by atoms with Gasteiger partial charge in [-0.2, -0.15) is 0 Å². The number of carbonyl (C=O) groups excluding carboxylic acids is 1. The van der Waals surface area contributed by atoms with Crippen LogP contribution in [-0.4, -0.2) is 6.41 Å². The molecule has 0 saturated carbocycles. The zero-order valence-corrected chi connectivity index (χ0v) is 11.8. The lowest BCUT2D eigenvalue weighted by Crippen LogP contribution is -2.07. The summed E-state index contributed by atoms with van der Waals surface area (Å²) in [6.45, 7) is 13.8. The van der Waals surface area contributed by atoms with Crippen molar-refractivity contribution in [2.75, 3.05) is 0 Å². The Morgan fingerprint density at radius 3 is 1.62 bits per heavy atom. The van der Waals surface area contributed by atoms with Crippen LogP contribution in [0.1, 0.15) is 48.5 Å². The second-order valence-electron chi connectivity index (χ2n) is 2.89. The molecule has 0 atom stereocenters. The minimum absolute atomic E-state index is 0.675. The van der Waals surface area contributed by atoms with Gasteiger partial charge in [0.2, 0.25) is 6.41 Å². The van der Waals surface area contributed by atoms with Crippen molar-refractivity contribution in [1.29, 1.82) is 0 Å². The van der Waals surface area contributed by atoms with Gasteiger partial charge in [-0.05, 0) is 40.7 Å². The van der Waals surface area contributed by atoms with Gasteiger partial charge in [-0.3, -0.25) is 4.79 Å². The second kappa shape index (κ2) is 19.3. The van der Waals surface area contributed by atoms with Crippen molar-refractivity contribution >= 4 is 6.41 Å². The van der Waals surface area contributed by atoms with Gasteiger partial charge in [0.25, 0.3) is 0 Å². The van der Waals surface area contributed by atoms with Crippen LogP contribution in [0.25, 0.3) is 0 Å². The third-order valence-corrected chi connectivity index (χ3v) is 1.31. The van der Waals surface area contributed by atoms with Gasteiger partial charge in [-0.15, -0.1) is 0 Å². The van der Waals surface area contributed by atoms with E-state index in [-0.39, 0.29) is 0 Å². The number of nitrogens with one attached hydrogen (secondary N) is 1. The molecule has 0 saturated heterocycles. The SMILES string of the molecule is C/C=C(\C=C(C)C)NC=O.C/C=C/C.CC. The minimum atomic E-state index is 0.675. The fraction of sp³-hybridized carbons (Fsp3) is 0.500. The fourth-order valence-corrected chi connectivity index (χ4v) is 0.587. The van der Waals surface area contributed by atoms with Crippen molar-refractivity contribution < 1.29 is 4.79 Å². The molecule has 0 unspecified atom stereocenters. The molecule has 0 aromatic carbocycles. The molecule has 0 aliphatic rings. The molecule has 16 heavy (non-hydrogen) atoms. The van der Waals surface area contributed by atoms with Crippen molar-refractivity contribution in [1.82, 2.24) is 5.32 Å². The lowest BCUT2D eigenvalue weighted by molar-refractivity contribution is -0.108. The van der Waals surface area contributed by atoms with Crippen LogP contribution in [0.4, 0.5) is 0 Å². The molecule has 0 rings (SSSR count). The Bertz CT molecular complexity index is 217. The highest BCUT2D eigenvalue weighted by Gasteiger charge is 1.85. The van der Waals surface area contributed by atoms with Crippen LogP contribution in [0.3, 0.4) is 0 Å². The number of carbonyl (C=O) groups is 1. The largest absolute Gasteiger partial charge is 0.329 e. The first-order chi connectivity index (χ1) is 7.62. The predicted molar refractivity (Wildman–Crippen MR) is 74.2 cm³/mol. The summed E-state index contributed by atoms with van der Waals surface area (Å²) < 4.78 is 0. The van der Waals surface area contributed by atoms with E-state index in [1.54, 1.807) is 0 Å². The van der Waals surface area contributed by atoms with Crippen molar-refractivity contribution in [2.45, 2.75) is 48.5 Å². The van der Waals surface area contributed by atoms with Crippen LogP contribution in [-0.2, 0) is 4.79 Å². The summed E-state index contributed by atoms with van der Waals surface area (Å²) in [5.41, 5.74) is 2.01. The summed E-state index contributed by atoms with van der Waals surface area (Å²) in [7, 11) is 0. The van der Waals surface area contributed by atoms with Crippen molar-refractivity contribution in [3.8, 4) is 0 Å². The van der Waals surface area contributed by atoms with Gasteiger partial charge in [0.1, 0.15) is 0 Å². The Balaban J connectivity index is -0.000000237. The molecule has 2 nitrogen and oxygen atoms in total. The zero-order chi connectivity index (χ0) is 13.4. The van der Waals surface area contributed by atoms with Crippen LogP contribution >= 0.6 is 0 Å². The molecule has 2 heteroatoms. The maximum absolute atomic E-state index is 9.97. The normalized spacial score (nSPS) is 9.31. The maximum Gasteiger partial charge on any atom is 0.211 e. The van der Waals surface area contributed by atoms with Gasteiger partial charge in [0.15, 0.2) is 0 Å². The van der Waals surface area contributed by atoms with E-state index in [1.165, 1.54) is 5.57 Å². The molecule has 0 aliphatic carbocycles. The topological polar surface area (TPSA) is 29.1 Å². The third-order valence-electron chi connectivity index (χ3n) is 1.31. The zero-order valence-electron chi connectivity index (χ0n) is 11.8. The highest BCUT2D eigenvalue weighted by atomic mass is 16.1. The molecule has 94 valence electrons. The van der Waals surface area contributed by atoms with Crippen LogP contribution in [0.2, 0.25) is 0 Å². The third kappa shape index (κ3) is 23.0. The number of rotatable bonds is 3. The molecular formula is C14H27NO. The summed E-state index contributed by atoms with van der Waals surface area (Å²) >= 11 is 0. The van der Waals surface area contributed by atoms with E-state index < -0.39 is 0 Å². The molecule has 0 heterocycles. The molecule has 0 bridgehead atoms. The molecule has 0 aliphatic heterocycles. The van der Waals surface area contributed by atoms with E-state index in [0.29, 0.717) is 6.41 Å². The predicted octanol–water partition coefficient (Wildman–Crippen LogP) is 4.21. The van der Waals surface area contributed by atoms with Gasteiger partial charge in [0, 0.05) is 5.70 Å². The first-order valence-corrected chi connectivity index (χ1v) is 5.71. The smallest absolute Gasteiger partial charge is 0.211 e. The van der Waals surface area contributed by atoms with Crippen LogP contribution in [0.5, 0.6) is 0 Å². The Hall–Kier alpha value is -1.31. The van der Waals surface area contributed by atoms with Crippen molar-refractivity contribution in [2.24, 2.45) is 0 Å². The second-order valence-corrected chi connectivity index (χ2v) is 2.89.